The Morgan fingerprint density at radius 2 is 1.62 bits per heavy atom. The Labute approximate surface area is 93.9 Å². The highest BCUT2D eigenvalue weighted by atomic mass is 16.5. The quantitative estimate of drug-likeness (QED) is 0.576. The number of carbonyl (C=O) groups is 1. The molecule has 2 aromatic rings. The lowest BCUT2D eigenvalue weighted by molar-refractivity contribution is -0.727. The van der Waals surface area contributed by atoms with Crippen LogP contribution in [0, 0.1) is 0 Å². The summed E-state index contributed by atoms with van der Waals surface area (Å²) in [5, 5.41) is 0. The summed E-state index contributed by atoms with van der Waals surface area (Å²) < 4.78 is 6.93. The van der Waals surface area contributed by atoms with Crippen molar-refractivity contribution in [3.05, 3.63) is 66.5 Å². The van der Waals surface area contributed by atoms with Gasteiger partial charge in [0.1, 0.15) is 0 Å². The van der Waals surface area contributed by atoms with Gasteiger partial charge in [0.15, 0.2) is 12.4 Å². The maximum atomic E-state index is 11.6. The molecule has 0 spiro atoms. The summed E-state index contributed by atoms with van der Waals surface area (Å²) in [4.78, 5) is 11.6. The van der Waals surface area contributed by atoms with Gasteiger partial charge in [0, 0.05) is 12.1 Å². The van der Waals surface area contributed by atoms with Gasteiger partial charge in [-0.05, 0) is 12.1 Å². The zero-order chi connectivity index (χ0) is 11.2. The van der Waals surface area contributed by atoms with Crippen LogP contribution in [0.2, 0.25) is 0 Å². The van der Waals surface area contributed by atoms with Crippen LogP contribution < -0.4 is 4.57 Å². The number of hydrogen-bond donors (Lipinski definition) is 0. The molecule has 0 aliphatic carbocycles. The van der Waals surface area contributed by atoms with Crippen LogP contribution in [-0.4, -0.2) is 5.97 Å². The number of nitrogens with zero attached hydrogens (tertiary/aromatic N) is 1. The molecule has 3 heteroatoms. The summed E-state index contributed by atoms with van der Waals surface area (Å²) in [5.41, 5.74) is 0.569. The van der Waals surface area contributed by atoms with E-state index in [1.165, 1.54) is 0 Å². The molecule has 0 amide bonds. The number of esters is 1. The zero-order valence-electron chi connectivity index (χ0n) is 8.74. The zero-order valence-corrected chi connectivity index (χ0v) is 8.74. The molecule has 16 heavy (non-hydrogen) atoms. The molecule has 80 valence electrons. The van der Waals surface area contributed by atoms with Crippen molar-refractivity contribution in [2.45, 2.75) is 6.73 Å². The summed E-state index contributed by atoms with van der Waals surface area (Å²) in [7, 11) is 0. The van der Waals surface area contributed by atoms with Crippen LogP contribution in [0.4, 0.5) is 0 Å². The number of hydrogen-bond acceptors (Lipinski definition) is 2. The highest BCUT2D eigenvalue weighted by Crippen LogP contribution is 2.00. The molecule has 2 rings (SSSR count). The van der Waals surface area contributed by atoms with Crippen LogP contribution in [0.1, 0.15) is 10.4 Å². The van der Waals surface area contributed by atoms with Crippen molar-refractivity contribution in [3.63, 3.8) is 0 Å². The first-order valence-electron chi connectivity index (χ1n) is 5.02. The van der Waals surface area contributed by atoms with Crippen LogP contribution in [0.3, 0.4) is 0 Å². The largest absolute Gasteiger partial charge is 0.401 e. The molecular formula is C13H12NO2+. The molecule has 0 aliphatic rings. The van der Waals surface area contributed by atoms with Gasteiger partial charge in [-0.2, -0.15) is 4.57 Å². The highest BCUT2D eigenvalue weighted by Gasteiger charge is 2.07. The fraction of sp³-hybridized carbons (Fsp3) is 0.0769. The summed E-state index contributed by atoms with van der Waals surface area (Å²) in [5.74, 6) is -0.308. The Morgan fingerprint density at radius 3 is 2.31 bits per heavy atom. The third-order valence-electron chi connectivity index (χ3n) is 2.13. The topological polar surface area (TPSA) is 30.2 Å². The lowest BCUT2D eigenvalue weighted by atomic mass is 10.2. The molecule has 0 bridgehead atoms. The predicted octanol–water partition coefficient (Wildman–Crippen LogP) is 1.79. The van der Waals surface area contributed by atoms with Gasteiger partial charge in [0.05, 0.1) is 5.56 Å². The first-order valence-corrected chi connectivity index (χ1v) is 5.02. The summed E-state index contributed by atoms with van der Waals surface area (Å²) in [6.45, 7) is 0.231. The third-order valence-corrected chi connectivity index (χ3v) is 2.13. The monoisotopic (exact) mass is 214 g/mol. The van der Waals surface area contributed by atoms with E-state index in [4.69, 9.17) is 4.74 Å². The van der Waals surface area contributed by atoms with Gasteiger partial charge in [0.25, 0.3) is 6.73 Å². The van der Waals surface area contributed by atoms with Crippen molar-refractivity contribution in [1.29, 1.82) is 0 Å². The van der Waals surface area contributed by atoms with E-state index in [0.29, 0.717) is 5.56 Å². The van der Waals surface area contributed by atoms with Crippen molar-refractivity contribution in [2.24, 2.45) is 0 Å². The average Bonchev–Trinajstić information content (AvgIpc) is 2.38. The minimum atomic E-state index is -0.308. The molecule has 0 atom stereocenters. The molecule has 3 nitrogen and oxygen atoms in total. The fourth-order valence-electron chi connectivity index (χ4n) is 1.31. The van der Waals surface area contributed by atoms with Gasteiger partial charge < -0.3 is 4.74 Å². The van der Waals surface area contributed by atoms with Crippen molar-refractivity contribution < 1.29 is 14.1 Å². The number of aromatic nitrogens is 1. The Bertz CT molecular complexity index is 454. The first kappa shape index (κ1) is 10.4. The van der Waals surface area contributed by atoms with E-state index < -0.39 is 0 Å². The molecule has 0 fully saturated rings. The fourth-order valence-corrected chi connectivity index (χ4v) is 1.31. The number of pyridine rings is 1. The van der Waals surface area contributed by atoms with Crippen molar-refractivity contribution in [3.8, 4) is 0 Å². The molecule has 0 saturated heterocycles. The van der Waals surface area contributed by atoms with Gasteiger partial charge in [-0.15, -0.1) is 0 Å². The number of benzene rings is 1. The molecule has 0 N–H and O–H groups in total. The van der Waals surface area contributed by atoms with Gasteiger partial charge in [0.2, 0.25) is 0 Å². The standard InChI is InChI=1S/C13H12NO2/c15-13(12-7-3-1-4-8-12)16-11-14-9-5-2-6-10-14/h1-10H,11H2/q+1. The van der Waals surface area contributed by atoms with E-state index in [1.807, 2.05) is 48.8 Å². The second kappa shape index (κ2) is 5.07. The normalized spacial score (nSPS) is 9.75. The van der Waals surface area contributed by atoms with Crippen LogP contribution in [0.5, 0.6) is 0 Å². The number of rotatable bonds is 3. The Morgan fingerprint density at radius 1 is 1.00 bits per heavy atom. The minimum absolute atomic E-state index is 0.231. The molecule has 1 heterocycles. The van der Waals surface area contributed by atoms with E-state index in [9.17, 15) is 4.79 Å². The Kier molecular flexibility index (Phi) is 3.28. The van der Waals surface area contributed by atoms with E-state index in [2.05, 4.69) is 0 Å². The second-order valence-corrected chi connectivity index (χ2v) is 3.32. The number of carbonyl (C=O) groups excluding carboxylic acids is 1. The van der Waals surface area contributed by atoms with Crippen molar-refractivity contribution in [1.82, 2.24) is 0 Å². The van der Waals surface area contributed by atoms with Gasteiger partial charge in [-0.25, -0.2) is 4.79 Å². The van der Waals surface area contributed by atoms with E-state index in [0.717, 1.165) is 0 Å². The summed E-state index contributed by atoms with van der Waals surface area (Å²) >= 11 is 0. The lowest BCUT2D eigenvalue weighted by Gasteiger charge is -2.00. The summed E-state index contributed by atoms with van der Waals surface area (Å²) in [6, 6.07) is 14.6. The first-order chi connectivity index (χ1) is 7.86. The van der Waals surface area contributed by atoms with E-state index in [1.54, 1.807) is 16.7 Å². The maximum Gasteiger partial charge on any atom is 0.342 e. The van der Waals surface area contributed by atoms with Crippen LogP contribution in [-0.2, 0) is 11.5 Å². The molecule has 0 unspecified atom stereocenters. The van der Waals surface area contributed by atoms with Crippen molar-refractivity contribution >= 4 is 5.97 Å². The third kappa shape index (κ3) is 2.67. The minimum Gasteiger partial charge on any atom is -0.401 e. The average molecular weight is 214 g/mol. The van der Waals surface area contributed by atoms with Crippen LogP contribution in [0.25, 0.3) is 0 Å². The molecule has 0 aliphatic heterocycles. The smallest absolute Gasteiger partial charge is 0.342 e. The van der Waals surface area contributed by atoms with Crippen LogP contribution in [0.15, 0.2) is 60.9 Å². The molecular weight excluding hydrogens is 202 g/mol. The van der Waals surface area contributed by atoms with Gasteiger partial charge in [-0.1, -0.05) is 24.3 Å². The lowest BCUT2D eigenvalue weighted by Crippen LogP contribution is -2.34. The number of ether oxygens (including phenoxy) is 1. The van der Waals surface area contributed by atoms with Crippen molar-refractivity contribution in [2.75, 3.05) is 0 Å². The highest BCUT2D eigenvalue weighted by molar-refractivity contribution is 5.89. The maximum absolute atomic E-state index is 11.6. The second-order valence-electron chi connectivity index (χ2n) is 3.32. The summed E-state index contributed by atoms with van der Waals surface area (Å²) in [6.07, 6.45) is 3.69. The molecule has 0 saturated carbocycles. The molecule has 0 radical (unpaired) electrons. The van der Waals surface area contributed by atoms with Gasteiger partial charge >= 0.3 is 5.97 Å². The Balaban J connectivity index is 1.95. The van der Waals surface area contributed by atoms with Crippen LogP contribution >= 0.6 is 0 Å². The predicted molar refractivity (Wildman–Crippen MR) is 58.5 cm³/mol. The van der Waals surface area contributed by atoms with Gasteiger partial charge in [-0.3, -0.25) is 0 Å². The SMILES string of the molecule is O=C(OC[n+]1ccccc1)c1ccccc1. The van der Waals surface area contributed by atoms with E-state index in [-0.39, 0.29) is 12.7 Å². The van der Waals surface area contributed by atoms with E-state index >= 15 is 0 Å². The Hall–Kier alpha value is -2.16. The molecule has 1 aromatic heterocycles. The molecule has 1 aromatic carbocycles.